The Morgan fingerprint density at radius 3 is 1.47 bits per heavy atom. The zero-order valence-electron chi connectivity index (χ0n) is 20.3. The number of ether oxygens (including phenoxy) is 4. The molecule has 0 fully saturated rings. The maximum atomic E-state index is 12.0. The van der Waals surface area contributed by atoms with Gasteiger partial charge in [0.05, 0.1) is 13.1 Å². The lowest BCUT2D eigenvalue weighted by Crippen LogP contribution is -2.44. The Hall–Kier alpha value is -3.82. The molecule has 4 N–H and O–H groups in total. The van der Waals surface area contributed by atoms with E-state index < -0.39 is 0 Å². The summed E-state index contributed by atoms with van der Waals surface area (Å²) in [5, 5.41) is 11.4. The molecule has 0 radical (unpaired) electrons. The maximum Gasteiger partial charge on any atom is 0.314 e. The van der Waals surface area contributed by atoms with Gasteiger partial charge in [0.25, 0.3) is 0 Å². The lowest BCUT2D eigenvalue weighted by molar-refractivity contribution is 0.0918. The molecule has 194 valence electrons. The van der Waals surface area contributed by atoms with Crippen LogP contribution < -0.4 is 40.2 Å². The van der Waals surface area contributed by atoms with Crippen molar-refractivity contribution in [3.05, 3.63) is 48.5 Å². The molecule has 10 heteroatoms. The van der Waals surface area contributed by atoms with Crippen LogP contribution in [-0.4, -0.2) is 63.7 Å². The second-order valence-corrected chi connectivity index (χ2v) is 8.68. The Kier molecular flexibility index (Phi) is 9.35. The molecule has 0 aliphatic carbocycles. The summed E-state index contributed by atoms with van der Waals surface area (Å²) in [4.78, 5) is 24.0. The molecule has 2 heterocycles. The van der Waals surface area contributed by atoms with Gasteiger partial charge in [-0.15, -0.1) is 0 Å². The largest absolute Gasteiger partial charge is 0.486 e. The lowest BCUT2D eigenvalue weighted by atomic mass is 10.2. The third-order valence-electron chi connectivity index (χ3n) is 5.79. The van der Waals surface area contributed by atoms with Gasteiger partial charge < -0.3 is 40.2 Å². The normalized spacial score (nSPS) is 17.6. The van der Waals surface area contributed by atoms with E-state index in [4.69, 9.17) is 18.9 Å². The Morgan fingerprint density at radius 2 is 1.03 bits per heavy atom. The second kappa shape index (κ2) is 13.3. The fraction of sp³-hybridized carbons (Fsp3) is 0.462. The molecule has 0 spiro atoms. The van der Waals surface area contributed by atoms with Gasteiger partial charge in [0.15, 0.2) is 35.2 Å². The number of nitrogens with one attached hydrogen (secondary N) is 4. The highest BCUT2D eigenvalue weighted by Crippen LogP contribution is 2.31. The average Bonchev–Trinajstić information content (AvgIpc) is 2.92. The first kappa shape index (κ1) is 25.3. The molecule has 36 heavy (non-hydrogen) atoms. The molecule has 10 nitrogen and oxygen atoms in total. The van der Waals surface area contributed by atoms with Crippen LogP contribution in [0.3, 0.4) is 0 Å². The van der Waals surface area contributed by atoms with Gasteiger partial charge in [0.2, 0.25) is 0 Å². The van der Waals surface area contributed by atoms with Gasteiger partial charge in [-0.25, -0.2) is 9.59 Å². The zero-order chi connectivity index (χ0) is 25.0. The number of para-hydroxylation sites is 4. The van der Waals surface area contributed by atoms with Crippen LogP contribution in [0.25, 0.3) is 0 Å². The number of hydrogen-bond acceptors (Lipinski definition) is 6. The van der Waals surface area contributed by atoms with Gasteiger partial charge in [-0.05, 0) is 37.1 Å². The van der Waals surface area contributed by atoms with E-state index in [0.717, 1.165) is 37.2 Å². The molecule has 2 atom stereocenters. The summed E-state index contributed by atoms with van der Waals surface area (Å²) in [6.45, 7) is 2.75. The number of carbonyl (C=O) groups excluding carboxylic acids is 2. The summed E-state index contributed by atoms with van der Waals surface area (Å²) < 4.78 is 22.9. The standard InChI is InChI=1S/C26H34N4O6/c31-25(29-15-19-17-33-21-9-3-5-11-23(21)35-19)27-13-7-1-2-8-14-28-26(32)30-16-20-18-34-22-10-4-6-12-24(22)36-20/h3-6,9-12,19-20H,1-2,7-8,13-18H2,(H2,27,29,31)(H2,28,30,32)/t19-,20+. The maximum absolute atomic E-state index is 12.0. The third kappa shape index (κ3) is 7.86. The smallest absolute Gasteiger partial charge is 0.314 e. The fourth-order valence-electron chi connectivity index (χ4n) is 3.87. The first-order valence-electron chi connectivity index (χ1n) is 12.5. The van der Waals surface area contributed by atoms with Crippen molar-refractivity contribution in [2.45, 2.75) is 37.9 Å². The van der Waals surface area contributed by atoms with E-state index in [2.05, 4.69) is 21.3 Å². The van der Waals surface area contributed by atoms with Crippen LogP contribution in [0.15, 0.2) is 48.5 Å². The Labute approximate surface area is 211 Å². The number of amides is 4. The van der Waals surface area contributed by atoms with Crippen molar-refractivity contribution in [3.8, 4) is 23.0 Å². The number of carbonyl (C=O) groups is 2. The van der Waals surface area contributed by atoms with E-state index in [-0.39, 0.29) is 24.3 Å². The lowest BCUT2D eigenvalue weighted by Gasteiger charge is -2.26. The van der Waals surface area contributed by atoms with E-state index in [1.807, 2.05) is 48.5 Å². The first-order valence-corrected chi connectivity index (χ1v) is 12.5. The Morgan fingerprint density at radius 1 is 0.611 bits per heavy atom. The second-order valence-electron chi connectivity index (χ2n) is 8.68. The highest BCUT2D eigenvalue weighted by atomic mass is 16.6. The summed E-state index contributed by atoms with van der Waals surface area (Å²) in [5.41, 5.74) is 0. The molecule has 4 amide bonds. The number of rotatable bonds is 11. The quantitative estimate of drug-likeness (QED) is 0.354. The molecule has 4 rings (SSSR count). The molecule has 0 bridgehead atoms. The molecule has 0 saturated heterocycles. The summed E-state index contributed by atoms with van der Waals surface area (Å²) >= 11 is 0. The van der Waals surface area contributed by atoms with Crippen LogP contribution >= 0.6 is 0 Å². The van der Waals surface area contributed by atoms with E-state index in [0.29, 0.717) is 50.9 Å². The van der Waals surface area contributed by atoms with Crippen molar-refractivity contribution in [3.63, 3.8) is 0 Å². The first-order chi connectivity index (χ1) is 17.7. The number of hydrogen-bond donors (Lipinski definition) is 4. The predicted molar refractivity (Wildman–Crippen MR) is 134 cm³/mol. The van der Waals surface area contributed by atoms with Crippen molar-refractivity contribution in [1.29, 1.82) is 0 Å². The van der Waals surface area contributed by atoms with Crippen LogP contribution in [0.1, 0.15) is 25.7 Å². The van der Waals surface area contributed by atoms with Gasteiger partial charge in [0.1, 0.15) is 13.2 Å². The van der Waals surface area contributed by atoms with Gasteiger partial charge in [-0.3, -0.25) is 0 Å². The number of unbranched alkanes of at least 4 members (excludes halogenated alkanes) is 3. The third-order valence-corrected chi connectivity index (χ3v) is 5.79. The van der Waals surface area contributed by atoms with Gasteiger partial charge in [-0.2, -0.15) is 0 Å². The SMILES string of the molecule is O=C(NCCCCCCNC(=O)NC[C@H]1COc2ccccc2O1)NC[C@@H]1COc2ccccc2O1. The van der Waals surface area contributed by atoms with E-state index in [1.54, 1.807) is 0 Å². The van der Waals surface area contributed by atoms with Crippen LogP contribution in [0, 0.1) is 0 Å². The fourth-order valence-corrected chi connectivity index (χ4v) is 3.87. The molecular formula is C26H34N4O6. The summed E-state index contributed by atoms with van der Waals surface area (Å²) in [7, 11) is 0. The minimum atomic E-state index is -0.216. The van der Waals surface area contributed by atoms with Crippen molar-refractivity contribution in [2.24, 2.45) is 0 Å². The topological polar surface area (TPSA) is 119 Å². The molecule has 0 saturated carbocycles. The van der Waals surface area contributed by atoms with Gasteiger partial charge in [-0.1, -0.05) is 37.1 Å². The predicted octanol–water partition coefficient (Wildman–Crippen LogP) is 2.83. The Balaban J connectivity index is 0.956. The monoisotopic (exact) mass is 498 g/mol. The molecular weight excluding hydrogens is 464 g/mol. The van der Waals surface area contributed by atoms with Gasteiger partial charge >= 0.3 is 12.1 Å². The molecule has 0 unspecified atom stereocenters. The van der Waals surface area contributed by atoms with E-state index in [9.17, 15) is 9.59 Å². The Bertz CT molecular complexity index is 924. The van der Waals surface area contributed by atoms with E-state index in [1.165, 1.54) is 0 Å². The number of benzene rings is 2. The molecule has 2 aromatic rings. The molecule has 2 aliphatic heterocycles. The molecule has 0 aromatic heterocycles. The van der Waals surface area contributed by atoms with Crippen molar-refractivity contribution in [2.75, 3.05) is 39.4 Å². The summed E-state index contributed by atoms with van der Waals surface area (Å²) in [6, 6.07) is 14.6. The van der Waals surface area contributed by atoms with Crippen LogP contribution in [0.4, 0.5) is 9.59 Å². The highest BCUT2D eigenvalue weighted by molar-refractivity contribution is 5.74. The molecule has 2 aliphatic rings. The van der Waals surface area contributed by atoms with Crippen LogP contribution in [0.2, 0.25) is 0 Å². The number of fused-ring (bicyclic) bond motifs is 2. The van der Waals surface area contributed by atoms with Crippen molar-refractivity contribution < 1.29 is 28.5 Å². The number of urea groups is 2. The highest BCUT2D eigenvalue weighted by Gasteiger charge is 2.22. The summed E-state index contributed by atoms with van der Waals surface area (Å²) in [5.74, 6) is 2.85. The summed E-state index contributed by atoms with van der Waals surface area (Å²) in [6.07, 6.45) is 3.25. The van der Waals surface area contributed by atoms with Crippen LogP contribution in [0.5, 0.6) is 23.0 Å². The van der Waals surface area contributed by atoms with Gasteiger partial charge in [0, 0.05) is 13.1 Å². The van der Waals surface area contributed by atoms with E-state index >= 15 is 0 Å². The molecule has 2 aromatic carbocycles. The van der Waals surface area contributed by atoms with Crippen molar-refractivity contribution >= 4 is 12.1 Å². The van der Waals surface area contributed by atoms with Crippen LogP contribution in [-0.2, 0) is 0 Å². The zero-order valence-corrected chi connectivity index (χ0v) is 20.3. The van der Waals surface area contributed by atoms with Crippen molar-refractivity contribution in [1.82, 2.24) is 21.3 Å². The minimum Gasteiger partial charge on any atom is -0.486 e. The minimum absolute atomic E-state index is 0.212. The average molecular weight is 499 g/mol.